The molecule has 15 heavy (non-hydrogen) atoms. The molecule has 0 aromatic carbocycles. The van der Waals surface area contributed by atoms with Gasteiger partial charge in [0.25, 0.3) is 0 Å². The molecule has 5 nitrogen and oxygen atoms in total. The van der Waals surface area contributed by atoms with Gasteiger partial charge in [-0.2, -0.15) is 0 Å². The number of fused-ring (bicyclic) bond motifs is 1. The second-order valence-electron chi connectivity index (χ2n) is 3.99. The fourth-order valence-electron chi connectivity index (χ4n) is 2.42. The van der Waals surface area contributed by atoms with Crippen LogP contribution < -0.4 is 0 Å². The Labute approximate surface area is 87.4 Å². The van der Waals surface area contributed by atoms with Crippen molar-refractivity contribution in [1.82, 2.24) is 4.90 Å². The van der Waals surface area contributed by atoms with Crippen molar-refractivity contribution >= 4 is 17.7 Å². The van der Waals surface area contributed by atoms with Gasteiger partial charge in [-0.25, -0.2) is 4.79 Å². The van der Waals surface area contributed by atoms with Crippen molar-refractivity contribution in [2.75, 3.05) is 7.11 Å². The predicted molar refractivity (Wildman–Crippen MR) is 49.9 cm³/mol. The summed E-state index contributed by atoms with van der Waals surface area (Å²) in [4.78, 5) is 35.7. The van der Waals surface area contributed by atoms with Crippen LogP contribution in [-0.2, 0) is 19.1 Å². The number of carbonyl (C=O) groups excluding carboxylic acids is 3. The van der Waals surface area contributed by atoms with E-state index in [0.717, 1.165) is 6.42 Å². The van der Waals surface area contributed by atoms with E-state index in [1.54, 1.807) is 0 Å². The molecule has 1 unspecified atom stereocenters. The molecule has 0 aromatic rings. The Hall–Kier alpha value is -1.39. The molecular formula is C10H13NO4. The largest absolute Gasteiger partial charge is 0.467 e. The SMILES string of the molecule is COC(=O)[C@@H]1CCC2CC(=O)CC(=O)N21. The molecule has 2 aliphatic heterocycles. The van der Waals surface area contributed by atoms with Crippen LogP contribution in [0.3, 0.4) is 0 Å². The van der Waals surface area contributed by atoms with Crippen LogP contribution in [0, 0.1) is 0 Å². The third kappa shape index (κ3) is 1.62. The Bertz CT molecular complexity index is 325. The minimum Gasteiger partial charge on any atom is -0.467 e. The van der Waals surface area contributed by atoms with Gasteiger partial charge in [0, 0.05) is 12.5 Å². The second kappa shape index (κ2) is 3.64. The molecule has 0 aromatic heterocycles. The van der Waals surface area contributed by atoms with Crippen molar-refractivity contribution in [2.45, 2.75) is 37.8 Å². The molecule has 0 radical (unpaired) electrons. The average Bonchev–Trinajstić information content (AvgIpc) is 2.60. The van der Waals surface area contributed by atoms with Gasteiger partial charge in [-0.3, -0.25) is 9.59 Å². The van der Waals surface area contributed by atoms with Crippen LogP contribution in [-0.4, -0.2) is 41.8 Å². The summed E-state index contributed by atoms with van der Waals surface area (Å²) in [5, 5.41) is 0. The van der Waals surface area contributed by atoms with E-state index < -0.39 is 6.04 Å². The molecule has 2 atom stereocenters. The quantitative estimate of drug-likeness (QED) is 0.448. The number of nitrogens with zero attached hydrogens (tertiary/aromatic N) is 1. The van der Waals surface area contributed by atoms with Crippen LogP contribution in [0.25, 0.3) is 0 Å². The maximum atomic E-state index is 11.6. The molecule has 0 saturated carbocycles. The molecule has 2 rings (SSSR count). The van der Waals surface area contributed by atoms with Gasteiger partial charge < -0.3 is 9.64 Å². The average molecular weight is 211 g/mol. The van der Waals surface area contributed by atoms with Crippen molar-refractivity contribution in [3.8, 4) is 0 Å². The Morgan fingerprint density at radius 2 is 2.13 bits per heavy atom. The van der Waals surface area contributed by atoms with Crippen LogP contribution in [0.2, 0.25) is 0 Å². The first-order valence-electron chi connectivity index (χ1n) is 5.04. The first-order valence-corrected chi connectivity index (χ1v) is 5.04. The smallest absolute Gasteiger partial charge is 0.328 e. The van der Waals surface area contributed by atoms with E-state index in [0.29, 0.717) is 12.8 Å². The number of rotatable bonds is 1. The zero-order valence-electron chi connectivity index (χ0n) is 8.56. The van der Waals surface area contributed by atoms with Gasteiger partial charge in [0.05, 0.1) is 13.5 Å². The molecular weight excluding hydrogens is 198 g/mol. The molecule has 0 N–H and O–H groups in total. The molecule has 2 heterocycles. The number of carbonyl (C=O) groups is 3. The summed E-state index contributed by atoms with van der Waals surface area (Å²) in [6.45, 7) is 0. The molecule has 2 saturated heterocycles. The van der Waals surface area contributed by atoms with Crippen LogP contribution in [0.5, 0.6) is 0 Å². The standard InChI is InChI=1S/C10H13NO4/c1-15-10(14)8-3-2-6-4-7(12)5-9(13)11(6)8/h6,8H,2-5H2,1H3/t6?,8-/m0/s1. The summed E-state index contributed by atoms with van der Waals surface area (Å²) in [5.41, 5.74) is 0. The van der Waals surface area contributed by atoms with E-state index in [2.05, 4.69) is 4.74 Å². The fourth-order valence-corrected chi connectivity index (χ4v) is 2.42. The van der Waals surface area contributed by atoms with Crippen molar-refractivity contribution in [2.24, 2.45) is 0 Å². The minimum absolute atomic E-state index is 0.0215. The number of Topliss-reactive ketones (excluding diaryl/α,β-unsaturated/α-hetero) is 1. The summed E-state index contributed by atoms with van der Waals surface area (Å²) in [6.07, 6.45) is 1.65. The molecule has 1 amide bonds. The van der Waals surface area contributed by atoms with Gasteiger partial charge >= 0.3 is 5.97 Å². The Kier molecular flexibility index (Phi) is 2.46. The summed E-state index contributed by atoms with van der Waals surface area (Å²) < 4.78 is 4.64. The highest BCUT2D eigenvalue weighted by Crippen LogP contribution is 2.31. The lowest BCUT2D eigenvalue weighted by atomic mass is 10.0. The van der Waals surface area contributed by atoms with Crippen LogP contribution >= 0.6 is 0 Å². The maximum Gasteiger partial charge on any atom is 0.328 e. The monoisotopic (exact) mass is 211 g/mol. The van der Waals surface area contributed by atoms with E-state index in [1.165, 1.54) is 12.0 Å². The topological polar surface area (TPSA) is 63.7 Å². The second-order valence-corrected chi connectivity index (χ2v) is 3.99. The number of ketones is 1. The van der Waals surface area contributed by atoms with Crippen molar-refractivity contribution in [1.29, 1.82) is 0 Å². The van der Waals surface area contributed by atoms with Crippen LogP contribution in [0.1, 0.15) is 25.7 Å². The van der Waals surface area contributed by atoms with E-state index >= 15 is 0 Å². The molecule has 5 heteroatoms. The molecule has 2 aliphatic rings. The zero-order chi connectivity index (χ0) is 11.0. The first kappa shape index (κ1) is 10.1. The van der Waals surface area contributed by atoms with Crippen molar-refractivity contribution in [3.05, 3.63) is 0 Å². The number of hydrogen-bond donors (Lipinski definition) is 0. The lowest BCUT2D eigenvalue weighted by molar-refractivity contribution is -0.155. The number of esters is 1. The van der Waals surface area contributed by atoms with E-state index in [-0.39, 0.29) is 30.1 Å². The van der Waals surface area contributed by atoms with E-state index in [4.69, 9.17) is 0 Å². The summed E-state index contributed by atoms with van der Waals surface area (Å²) in [6, 6.07) is -0.552. The summed E-state index contributed by atoms with van der Waals surface area (Å²) in [5.74, 6) is -0.629. The van der Waals surface area contributed by atoms with Gasteiger partial charge in [-0.05, 0) is 12.8 Å². The van der Waals surface area contributed by atoms with E-state index in [9.17, 15) is 14.4 Å². The maximum absolute atomic E-state index is 11.6. The van der Waals surface area contributed by atoms with Crippen molar-refractivity contribution in [3.63, 3.8) is 0 Å². The Balaban J connectivity index is 2.17. The minimum atomic E-state index is -0.472. The highest BCUT2D eigenvalue weighted by molar-refractivity contribution is 6.02. The molecule has 2 fully saturated rings. The van der Waals surface area contributed by atoms with Gasteiger partial charge in [0.15, 0.2) is 0 Å². The number of amides is 1. The number of ether oxygens (including phenoxy) is 1. The fraction of sp³-hybridized carbons (Fsp3) is 0.700. The van der Waals surface area contributed by atoms with Crippen molar-refractivity contribution < 1.29 is 19.1 Å². The molecule has 0 spiro atoms. The van der Waals surface area contributed by atoms with Gasteiger partial charge in [-0.1, -0.05) is 0 Å². The molecule has 82 valence electrons. The van der Waals surface area contributed by atoms with E-state index in [1.807, 2.05) is 0 Å². The summed E-state index contributed by atoms with van der Waals surface area (Å²) in [7, 11) is 1.31. The number of piperidine rings is 1. The van der Waals surface area contributed by atoms with Gasteiger partial charge in [0.1, 0.15) is 11.8 Å². The predicted octanol–water partition coefficient (Wildman–Crippen LogP) is -0.118. The lowest BCUT2D eigenvalue weighted by Gasteiger charge is -2.31. The third-order valence-corrected chi connectivity index (χ3v) is 3.08. The molecule has 0 aliphatic carbocycles. The first-order chi connectivity index (χ1) is 7.13. The number of methoxy groups -OCH3 is 1. The lowest BCUT2D eigenvalue weighted by Crippen LogP contribution is -2.49. The third-order valence-electron chi connectivity index (χ3n) is 3.08. The molecule has 0 bridgehead atoms. The Morgan fingerprint density at radius 1 is 1.40 bits per heavy atom. The van der Waals surface area contributed by atoms with Gasteiger partial charge in [-0.15, -0.1) is 0 Å². The van der Waals surface area contributed by atoms with Crippen LogP contribution in [0.4, 0.5) is 0 Å². The highest BCUT2D eigenvalue weighted by Gasteiger charge is 2.45. The number of hydrogen-bond acceptors (Lipinski definition) is 4. The normalized spacial score (nSPS) is 30.3. The van der Waals surface area contributed by atoms with Crippen LogP contribution in [0.15, 0.2) is 0 Å². The van der Waals surface area contributed by atoms with Gasteiger partial charge in [0.2, 0.25) is 5.91 Å². The Morgan fingerprint density at radius 3 is 2.80 bits per heavy atom. The summed E-state index contributed by atoms with van der Waals surface area (Å²) >= 11 is 0. The zero-order valence-corrected chi connectivity index (χ0v) is 8.56. The highest BCUT2D eigenvalue weighted by atomic mass is 16.5.